The van der Waals surface area contributed by atoms with Crippen LogP contribution in [0.5, 0.6) is 0 Å². The summed E-state index contributed by atoms with van der Waals surface area (Å²) in [7, 11) is 0. The lowest BCUT2D eigenvalue weighted by Crippen LogP contribution is -2.46. The fourth-order valence-corrected chi connectivity index (χ4v) is 4.25. The van der Waals surface area contributed by atoms with Crippen molar-refractivity contribution in [2.24, 2.45) is 5.92 Å². The lowest BCUT2D eigenvalue weighted by molar-refractivity contribution is -0.456. The van der Waals surface area contributed by atoms with Gasteiger partial charge in [0.15, 0.2) is 0 Å². The molecule has 114 valence electrons. The molecule has 22 heavy (non-hydrogen) atoms. The predicted octanol–water partition coefficient (Wildman–Crippen LogP) is 4.95. The van der Waals surface area contributed by atoms with Gasteiger partial charge < -0.3 is 0 Å². The van der Waals surface area contributed by atoms with Crippen molar-refractivity contribution >= 4 is 0 Å². The first-order chi connectivity index (χ1) is 10.8. The minimum absolute atomic E-state index is 0.282. The third-order valence-corrected chi connectivity index (χ3v) is 5.47. The van der Waals surface area contributed by atoms with Crippen LogP contribution in [0.25, 0.3) is 0 Å². The van der Waals surface area contributed by atoms with Crippen molar-refractivity contribution in [3.05, 3.63) is 71.8 Å². The minimum atomic E-state index is -0.296. The molecule has 0 radical (unpaired) electrons. The molecular weight excluding hydrogens is 272 g/mol. The molecule has 0 aromatic heterocycles. The minimum Gasteiger partial charge on any atom is -0.224 e. The maximum absolute atomic E-state index is 6.15. The Bertz CT molecular complexity index is 639. The fraction of sp³-hybridized carbons (Fsp3) is 0.400. The first-order valence-electron chi connectivity index (χ1n) is 8.23. The van der Waals surface area contributed by atoms with Crippen molar-refractivity contribution in [3.8, 4) is 0 Å². The van der Waals surface area contributed by atoms with Crippen LogP contribution in [0, 0.1) is 5.92 Å². The average Bonchev–Trinajstić information content (AvgIpc) is 2.86. The molecule has 3 fully saturated rings. The van der Waals surface area contributed by atoms with Gasteiger partial charge in [-0.05, 0) is 42.7 Å². The summed E-state index contributed by atoms with van der Waals surface area (Å²) in [5.74, 6) is 0.423. The number of benzene rings is 2. The van der Waals surface area contributed by atoms with E-state index in [9.17, 15) is 0 Å². The van der Waals surface area contributed by atoms with Crippen molar-refractivity contribution in [2.45, 2.75) is 43.8 Å². The van der Waals surface area contributed by atoms with Gasteiger partial charge >= 0.3 is 0 Å². The van der Waals surface area contributed by atoms with Crippen LogP contribution in [0.15, 0.2) is 60.7 Å². The van der Waals surface area contributed by atoms with E-state index in [2.05, 4.69) is 67.6 Å². The molecule has 2 saturated heterocycles. The Kier molecular flexibility index (Phi) is 3.32. The number of fused-ring (bicyclic) bond motifs is 4. The van der Waals surface area contributed by atoms with Gasteiger partial charge in [-0.3, -0.25) is 0 Å². The first kappa shape index (κ1) is 14.0. The van der Waals surface area contributed by atoms with Crippen LogP contribution in [0.3, 0.4) is 0 Å². The Hall–Kier alpha value is -1.64. The summed E-state index contributed by atoms with van der Waals surface area (Å²) in [5.41, 5.74) is 1.90. The van der Waals surface area contributed by atoms with Crippen LogP contribution in [0.2, 0.25) is 0 Å². The van der Waals surface area contributed by atoms with Crippen molar-refractivity contribution in [2.75, 3.05) is 0 Å². The standard InChI is InChI=1S/C20H22O2/c1-16-15-19(17-9-4-2-5-10-17)13-8-14-20(16,22-21-19)18-11-6-3-7-12-18/h2-7,9-12,16H,8,13-15H2,1H3/t16?,19-,20+/m0/s1. The molecule has 0 amide bonds. The second-order valence-corrected chi connectivity index (χ2v) is 6.74. The van der Waals surface area contributed by atoms with Gasteiger partial charge in [0.2, 0.25) is 0 Å². The van der Waals surface area contributed by atoms with Crippen LogP contribution in [-0.4, -0.2) is 0 Å². The normalized spacial score (nSPS) is 34.3. The molecular formula is C20H22O2. The van der Waals surface area contributed by atoms with E-state index >= 15 is 0 Å². The molecule has 0 spiro atoms. The second-order valence-electron chi connectivity index (χ2n) is 6.74. The Morgan fingerprint density at radius 2 is 1.45 bits per heavy atom. The van der Waals surface area contributed by atoms with Gasteiger partial charge in [-0.1, -0.05) is 67.6 Å². The van der Waals surface area contributed by atoms with Crippen molar-refractivity contribution in [1.82, 2.24) is 0 Å². The molecule has 0 N–H and O–H groups in total. The highest BCUT2D eigenvalue weighted by Crippen LogP contribution is 2.55. The van der Waals surface area contributed by atoms with Crippen LogP contribution >= 0.6 is 0 Å². The highest BCUT2D eigenvalue weighted by Gasteiger charge is 2.54. The van der Waals surface area contributed by atoms with Gasteiger partial charge in [0.1, 0.15) is 11.2 Å². The van der Waals surface area contributed by atoms with E-state index < -0.39 is 0 Å². The molecule has 3 atom stereocenters. The topological polar surface area (TPSA) is 18.5 Å². The fourth-order valence-electron chi connectivity index (χ4n) is 4.25. The summed E-state index contributed by atoms with van der Waals surface area (Å²) in [6.45, 7) is 2.30. The van der Waals surface area contributed by atoms with Crippen LogP contribution in [0.1, 0.15) is 43.7 Å². The maximum atomic E-state index is 6.15. The number of hydrogen-bond donors (Lipinski definition) is 0. The van der Waals surface area contributed by atoms with Crippen molar-refractivity contribution < 1.29 is 9.78 Å². The van der Waals surface area contributed by atoms with Gasteiger partial charge in [0.05, 0.1) is 0 Å². The molecule has 1 aliphatic carbocycles. The molecule has 2 aromatic carbocycles. The van der Waals surface area contributed by atoms with Gasteiger partial charge in [-0.2, -0.15) is 0 Å². The Morgan fingerprint density at radius 1 is 0.818 bits per heavy atom. The smallest absolute Gasteiger partial charge is 0.131 e. The highest BCUT2D eigenvalue weighted by molar-refractivity contribution is 5.28. The SMILES string of the molecule is CC1C[C@]2(c3ccccc3)CCC[C@@]1(c1ccccc1)OO2. The molecule has 2 bridgehead atoms. The summed E-state index contributed by atoms with van der Waals surface area (Å²) in [6, 6.07) is 21.1. The molecule has 1 unspecified atom stereocenters. The number of hydrogen-bond acceptors (Lipinski definition) is 2. The van der Waals surface area contributed by atoms with E-state index in [0.29, 0.717) is 5.92 Å². The molecule has 2 heterocycles. The third-order valence-electron chi connectivity index (χ3n) is 5.47. The Morgan fingerprint density at radius 3 is 2.09 bits per heavy atom. The lowest BCUT2D eigenvalue weighted by atomic mass is 9.75. The lowest BCUT2D eigenvalue weighted by Gasteiger charge is -2.46. The largest absolute Gasteiger partial charge is 0.224 e. The van der Waals surface area contributed by atoms with Gasteiger partial charge in [0, 0.05) is 0 Å². The highest BCUT2D eigenvalue weighted by atomic mass is 17.2. The second kappa shape index (κ2) is 5.22. The number of rotatable bonds is 2. The molecule has 2 aliphatic heterocycles. The van der Waals surface area contributed by atoms with Crippen molar-refractivity contribution in [1.29, 1.82) is 0 Å². The van der Waals surface area contributed by atoms with Gasteiger partial charge in [-0.25, -0.2) is 9.78 Å². The quantitative estimate of drug-likeness (QED) is 0.730. The zero-order valence-electron chi connectivity index (χ0n) is 13.0. The third kappa shape index (κ3) is 2.02. The van der Waals surface area contributed by atoms with E-state index in [4.69, 9.17) is 9.78 Å². The summed E-state index contributed by atoms with van der Waals surface area (Å²) in [4.78, 5) is 12.2. The van der Waals surface area contributed by atoms with Crippen molar-refractivity contribution in [3.63, 3.8) is 0 Å². The summed E-state index contributed by atoms with van der Waals surface area (Å²) in [6.07, 6.45) is 4.17. The van der Waals surface area contributed by atoms with E-state index in [1.54, 1.807) is 0 Å². The van der Waals surface area contributed by atoms with Gasteiger partial charge in [0.25, 0.3) is 0 Å². The van der Waals surface area contributed by atoms with Crippen LogP contribution in [0.4, 0.5) is 0 Å². The van der Waals surface area contributed by atoms with Gasteiger partial charge in [-0.15, -0.1) is 0 Å². The molecule has 2 aromatic rings. The summed E-state index contributed by atoms with van der Waals surface area (Å²) < 4.78 is 0. The summed E-state index contributed by atoms with van der Waals surface area (Å²) in [5, 5.41) is 0. The first-order valence-corrected chi connectivity index (χ1v) is 8.23. The van der Waals surface area contributed by atoms with Crippen LogP contribution in [-0.2, 0) is 21.0 Å². The molecule has 3 aliphatic rings. The zero-order chi connectivity index (χ0) is 15.0. The summed E-state index contributed by atoms with van der Waals surface area (Å²) >= 11 is 0. The average molecular weight is 294 g/mol. The molecule has 2 nitrogen and oxygen atoms in total. The van der Waals surface area contributed by atoms with E-state index in [0.717, 1.165) is 25.7 Å². The van der Waals surface area contributed by atoms with E-state index in [-0.39, 0.29) is 11.2 Å². The van der Waals surface area contributed by atoms with E-state index in [1.807, 2.05) is 0 Å². The molecule has 1 saturated carbocycles. The zero-order valence-corrected chi connectivity index (χ0v) is 13.0. The maximum Gasteiger partial charge on any atom is 0.131 e. The Labute approximate surface area is 132 Å². The van der Waals surface area contributed by atoms with E-state index in [1.165, 1.54) is 11.1 Å². The predicted molar refractivity (Wildman–Crippen MR) is 86.0 cm³/mol. The Balaban J connectivity index is 1.73. The molecule has 2 heteroatoms. The van der Waals surface area contributed by atoms with Crippen LogP contribution < -0.4 is 0 Å². The monoisotopic (exact) mass is 294 g/mol. The molecule has 5 rings (SSSR count).